The van der Waals surface area contributed by atoms with E-state index in [1.807, 2.05) is 0 Å². The van der Waals surface area contributed by atoms with Crippen molar-refractivity contribution in [3.8, 4) is 6.07 Å². The zero-order valence-electron chi connectivity index (χ0n) is 10.7. The van der Waals surface area contributed by atoms with E-state index in [1.54, 1.807) is 6.92 Å². The summed E-state index contributed by atoms with van der Waals surface area (Å²) in [5, 5.41) is 11.4. The third-order valence-electron chi connectivity index (χ3n) is 2.32. The Labute approximate surface area is 98.2 Å². The smallest absolute Gasteiger partial charge is 0.224 e. The van der Waals surface area contributed by atoms with Crippen LogP contribution >= 0.6 is 0 Å². The molecule has 16 heavy (non-hydrogen) atoms. The Morgan fingerprint density at radius 1 is 1.50 bits per heavy atom. The highest BCUT2D eigenvalue weighted by atomic mass is 16.1. The van der Waals surface area contributed by atoms with E-state index < -0.39 is 0 Å². The number of rotatable bonds is 5. The van der Waals surface area contributed by atoms with Gasteiger partial charge < -0.3 is 11.1 Å². The van der Waals surface area contributed by atoms with E-state index in [0.29, 0.717) is 13.1 Å². The van der Waals surface area contributed by atoms with Crippen LogP contribution < -0.4 is 11.1 Å². The lowest BCUT2D eigenvalue weighted by atomic mass is 9.84. The molecule has 0 radical (unpaired) electrons. The predicted molar refractivity (Wildman–Crippen MR) is 64.4 cm³/mol. The van der Waals surface area contributed by atoms with Crippen LogP contribution in [0, 0.1) is 28.6 Å². The van der Waals surface area contributed by atoms with Crippen molar-refractivity contribution in [1.29, 1.82) is 5.26 Å². The number of amides is 1. The fourth-order valence-corrected chi connectivity index (χ4v) is 1.47. The van der Waals surface area contributed by atoms with Gasteiger partial charge in [-0.3, -0.25) is 4.79 Å². The van der Waals surface area contributed by atoms with E-state index in [0.717, 1.165) is 6.42 Å². The van der Waals surface area contributed by atoms with Crippen molar-refractivity contribution < 1.29 is 4.79 Å². The molecule has 1 amide bonds. The maximum atomic E-state index is 11.8. The summed E-state index contributed by atoms with van der Waals surface area (Å²) >= 11 is 0. The molecule has 0 aromatic rings. The van der Waals surface area contributed by atoms with E-state index in [9.17, 15) is 4.79 Å². The first-order valence-electron chi connectivity index (χ1n) is 5.67. The molecule has 0 fully saturated rings. The Morgan fingerprint density at radius 2 is 2.06 bits per heavy atom. The number of carbonyl (C=O) groups is 1. The van der Waals surface area contributed by atoms with Gasteiger partial charge in [0.1, 0.15) is 0 Å². The molecular formula is C12H23N3O. The summed E-state index contributed by atoms with van der Waals surface area (Å²) in [6.07, 6.45) is 0.760. The summed E-state index contributed by atoms with van der Waals surface area (Å²) in [6.45, 7) is 8.78. The molecule has 0 saturated carbocycles. The summed E-state index contributed by atoms with van der Waals surface area (Å²) < 4.78 is 0. The second kappa shape index (κ2) is 6.49. The van der Waals surface area contributed by atoms with Crippen LogP contribution in [0.2, 0.25) is 0 Å². The van der Waals surface area contributed by atoms with Crippen molar-refractivity contribution in [2.45, 2.75) is 34.1 Å². The average molecular weight is 225 g/mol. The highest BCUT2D eigenvalue weighted by Crippen LogP contribution is 2.23. The third-order valence-corrected chi connectivity index (χ3v) is 2.32. The summed E-state index contributed by atoms with van der Waals surface area (Å²) in [7, 11) is 0. The van der Waals surface area contributed by atoms with E-state index in [2.05, 4.69) is 32.2 Å². The van der Waals surface area contributed by atoms with E-state index >= 15 is 0 Å². The molecule has 2 unspecified atom stereocenters. The van der Waals surface area contributed by atoms with Gasteiger partial charge in [-0.05, 0) is 18.8 Å². The van der Waals surface area contributed by atoms with E-state index in [4.69, 9.17) is 11.0 Å². The van der Waals surface area contributed by atoms with Crippen LogP contribution in [0.3, 0.4) is 0 Å². The fourth-order valence-electron chi connectivity index (χ4n) is 1.47. The van der Waals surface area contributed by atoms with E-state index in [1.165, 1.54) is 0 Å². The second-order valence-corrected chi connectivity index (χ2v) is 5.47. The Bertz CT molecular complexity index is 262. The minimum atomic E-state index is -0.161. The molecule has 2 atom stereocenters. The molecular weight excluding hydrogens is 202 g/mol. The predicted octanol–water partition coefficient (Wildman–Crippen LogP) is 1.27. The van der Waals surface area contributed by atoms with Crippen molar-refractivity contribution in [3.05, 3.63) is 0 Å². The molecule has 0 aliphatic carbocycles. The molecule has 0 aliphatic heterocycles. The monoisotopic (exact) mass is 225 g/mol. The number of nitrogens with two attached hydrogens (primary N) is 1. The van der Waals surface area contributed by atoms with Gasteiger partial charge in [0.05, 0.1) is 17.9 Å². The number of hydrogen-bond donors (Lipinski definition) is 2. The van der Waals surface area contributed by atoms with Gasteiger partial charge in [-0.2, -0.15) is 5.26 Å². The molecule has 0 bridgehead atoms. The minimum absolute atomic E-state index is 0.0421. The first kappa shape index (κ1) is 14.9. The van der Waals surface area contributed by atoms with Gasteiger partial charge in [0.25, 0.3) is 0 Å². The standard InChI is InChI=1S/C12H23N3O/c1-9(6-13)8-15-11(16)10(7-14)5-12(2,3)4/h9-10H,5,7-8,14H2,1-4H3,(H,15,16). The zero-order chi connectivity index (χ0) is 12.8. The van der Waals surface area contributed by atoms with Gasteiger partial charge in [-0.25, -0.2) is 0 Å². The zero-order valence-corrected chi connectivity index (χ0v) is 10.7. The largest absolute Gasteiger partial charge is 0.355 e. The quantitative estimate of drug-likeness (QED) is 0.739. The average Bonchev–Trinajstić information content (AvgIpc) is 2.20. The van der Waals surface area contributed by atoms with Crippen molar-refractivity contribution in [2.75, 3.05) is 13.1 Å². The number of nitrogens with zero attached hydrogens (tertiary/aromatic N) is 1. The van der Waals surface area contributed by atoms with Crippen LogP contribution in [-0.4, -0.2) is 19.0 Å². The summed E-state index contributed by atoms with van der Waals surface area (Å²) in [5.74, 6) is -0.359. The maximum absolute atomic E-state index is 11.8. The number of nitriles is 1. The van der Waals surface area contributed by atoms with Crippen LogP contribution in [0.4, 0.5) is 0 Å². The number of hydrogen-bond acceptors (Lipinski definition) is 3. The van der Waals surface area contributed by atoms with Crippen LogP contribution in [0.25, 0.3) is 0 Å². The molecule has 0 saturated heterocycles. The minimum Gasteiger partial charge on any atom is -0.355 e. The van der Waals surface area contributed by atoms with E-state index in [-0.39, 0.29) is 23.2 Å². The highest BCUT2D eigenvalue weighted by Gasteiger charge is 2.23. The van der Waals surface area contributed by atoms with Crippen molar-refractivity contribution in [3.63, 3.8) is 0 Å². The van der Waals surface area contributed by atoms with Crippen LogP contribution in [-0.2, 0) is 4.79 Å². The molecule has 4 nitrogen and oxygen atoms in total. The Kier molecular flexibility index (Phi) is 6.05. The second-order valence-electron chi connectivity index (χ2n) is 5.47. The third kappa shape index (κ3) is 6.41. The van der Waals surface area contributed by atoms with Gasteiger partial charge in [0, 0.05) is 13.1 Å². The van der Waals surface area contributed by atoms with Crippen molar-refractivity contribution >= 4 is 5.91 Å². The first-order valence-corrected chi connectivity index (χ1v) is 5.67. The van der Waals surface area contributed by atoms with Crippen molar-refractivity contribution in [2.24, 2.45) is 23.0 Å². The molecule has 92 valence electrons. The molecule has 0 spiro atoms. The Balaban J connectivity index is 4.18. The number of nitrogens with one attached hydrogen (secondary N) is 1. The lowest BCUT2D eigenvalue weighted by Crippen LogP contribution is -2.38. The molecule has 0 aliphatic rings. The Morgan fingerprint density at radius 3 is 2.44 bits per heavy atom. The topological polar surface area (TPSA) is 78.9 Å². The van der Waals surface area contributed by atoms with Gasteiger partial charge in [-0.15, -0.1) is 0 Å². The van der Waals surface area contributed by atoms with Gasteiger partial charge in [0.2, 0.25) is 5.91 Å². The summed E-state index contributed by atoms with van der Waals surface area (Å²) in [6, 6.07) is 2.08. The molecule has 0 aromatic heterocycles. The molecule has 3 N–H and O–H groups in total. The van der Waals surface area contributed by atoms with Crippen LogP contribution in [0.15, 0.2) is 0 Å². The van der Waals surface area contributed by atoms with Gasteiger partial charge >= 0.3 is 0 Å². The van der Waals surface area contributed by atoms with Gasteiger partial charge in [0.15, 0.2) is 0 Å². The normalized spacial score (nSPS) is 15.0. The molecule has 0 heterocycles. The van der Waals surface area contributed by atoms with Crippen LogP contribution in [0.1, 0.15) is 34.1 Å². The van der Waals surface area contributed by atoms with Crippen LogP contribution in [0.5, 0.6) is 0 Å². The summed E-state index contributed by atoms with van der Waals surface area (Å²) in [4.78, 5) is 11.8. The summed E-state index contributed by atoms with van der Waals surface area (Å²) in [5.41, 5.74) is 5.68. The fraction of sp³-hybridized carbons (Fsp3) is 0.833. The first-order chi connectivity index (χ1) is 7.30. The lowest BCUT2D eigenvalue weighted by molar-refractivity contribution is -0.125. The highest BCUT2D eigenvalue weighted by molar-refractivity contribution is 5.78. The van der Waals surface area contributed by atoms with Crippen molar-refractivity contribution in [1.82, 2.24) is 5.32 Å². The molecule has 4 heteroatoms. The van der Waals surface area contributed by atoms with Gasteiger partial charge in [-0.1, -0.05) is 20.8 Å². The lowest BCUT2D eigenvalue weighted by Gasteiger charge is -2.24. The molecule has 0 rings (SSSR count). The Hall–Kier alpha value is -1.08. The number of carbonyl (C=O) groups excluding carboxylic acids is 1. The SMILES string of the molecule is CC(C#N)CNC(=O)C(CN)CC(C)(C)C. The molecule has 0 aromatic carbocycles. The maximum Gasteiger partial charge on any atom is 0.224 e.